The van der Waals surface area contributed by atoms with Crippen molar-refractivity contribution in [3.8, 4) is 0 Å². The van der Waals surface area contributed by atoms with Crippen molar-refractivity contribution in [2.24, 2.45) is 0 Å². The summed E-state index contributed by atoms with van der Waals surface area (Å²) in [5, 5.41) is 0. The predicted molar refractivity (Wildman–Crippen MR) is 58.8 cm³/mol. The third kappa shape index (κ3) is 5.07. The molecule has 1 aliphatic rings. The van der Waals surface area contributed by atoms with Gasteiger partial charge in [-0.25, -0.2) is 4.79 Å². The van der Waals surface area contributed by atoms with E-state index in [2.05, 4.69) is 0 Å². The molecule has 1 heterocycles. The maximum absolute atomic E-state index is 11.7. The van der Waals surface area contributed by atoms with E-state index in [4.69, 9.17) is 18.7 Å². The van der Waals surface area contributed by atoms with Crippen LogP contribution in [0.15, 0.2) is 0 Å². The number of amides is 1. The summed E-state index contributed by atoms with van der Waals surface area (Å²) in [5.41, 5.74) is -0.509. The fourth-order valence-corrected chi connectivity index (χ4v) is 1.67. The Labute approximate surface area is 96.5 Å². The molecule has 0 unspecified atom stereocenters. The lowest BCUT2D eigenvalue weighted by Gasteiger charge is -2.29. The normalized spacial score (nSPS) is 20.1. The molecule has 0 radical (unpaired) electrons. The second-order valence-corrected chi connectivity index (χ2v) is 5.36. The predicted octanol–water partition coefficient (Wildman–Crippen LogP) is 1.49. The molecule has 0 spiro atoms. The number of rotatable bonds is 0. The third-order valence-electron chi connectivity index (χ3n) is 1.78. The van der Waals surface area contributed by atoms with Gasteiger partial charge in [-0.1, -0.05) is 0 Å². The Morgan fingerprint density at radius 2 is 1.81 bits per heavy atom. The molecule has 16 heavy (non-hydrogen) atoms. The van der Waals surface area contributed by atoms with Crippen molar-refractivity contribution in [3.63, 3.8) is 0 Å². The first-order valence-electron chi connectivity index (χ1n) is 5.11. The molecule has 1 rings (SSSR count). The standard InChI is InChI=1S/C9H18NO5P/c1-9(2,3)15-8(11)10-4-6-13-16(12)14-7-5-10/h12H,4-7H2,1-3H3. The van der Waals surface area contributed by atoms with Gasteiger partial charge in [-0.2, -0.15) is 0 Å². The van der Waals surface area contributed by atoms with Crippen molar-refractivity contribution in [1.29, 1.82) is 0 Å². The lowest BCUT2D eigenvalue weighted by molar-refractivity contribution is 0.0155. The number of hydrogen-bond donors (Lipinski definition) is 1. The second-order valence-electron chi connectivity index (χ2n) is 4.37. The first-order valence-corrected chi connectivity index (χ1v) is 6.24. The largest absolute Gasteiger partial charge is 0.444 e. The first kappa shape index (κ1) is 13.6. The van der Waals surface area contributed by atoms with Crippen molar-refractivity contribution in [2.45, 2.75) is 26.4 Å². The summed E-state index contributed by atoms with van der Waals surface area (Å²) in [7, 11) is -1.78. The van der Waals surface area contributed by atoms with Crippen LogP contribution < -0.4 is 0 Å². The number of carbonyl (C=O) groups is 1. The molecule has 0 aliphatic carbocycles. The van der Waals surface area contributed by atoms with Crippen molar-refractivity contribution in [3.05, 3.63) is 0 Å². The highest BCUT2D eigenvalue weighted by atomic mass is 31.2. The van der Waals surface area contributed by atoms with Gasteiger partial charge >= 0.3 is 14.7 Å². The minimum atomic E-state index is -1.78. The maximum Gasteiger partial charge on any atom is 0.410 e. The van der Waals surface area contributed by atoms with Crippen LogP contribution in [-0.2, 0) is 13.8 Å². The molecule has 0 aromatic rings. The average Bonchev–Trinajstić information content (AvgIpc) is 2.07. The Morgan fingerprint density at radius 3 is 2.25 bits per heavy atom. The average molecular weight is 251 g/mol. The van der Waals surface area contributed by atoms with E-state index in [-0.39, 0.29) is 19.3 Å². The zero-order valence-electron chi connectivity index (χ0n) is 9.80. The Bertz CT molecular complexity index is 233. The molecule has 0 aromatic heterocycles. The molecule has 7 heteroatoms. The van der Waals surface area contributed by atoms with Gasteiger partial charge in [0.25, 0.3) is 0 Å². The van der Waals surface area contributed by atoms with E-state index in [9.17, 15) is 4.79 Å². The van der Waals surface area contributed by atoms with Crippen LogP contribution in [0.3, 0.4) is 0 Å². The van der Waals surface area contributed by atoms with Crippen LogP contribution in [0.25, 0.3) is 0 Å². The lowest BCUT2D eigenvalue weighted by Crippen LogP contribution is -2.41. The minimum absolute atomic E-state index is 0.251. The monoisotopic (exact) mass is 251 g/mol. The van der Waals surface area contributed by atoms with E-state index in [1.807, 2.05) is 20.8 Å². The third-order valence-corrected chi connectivity index (χ3v) is 2.58. The van der Waals surface area contributed by atoms with E-state index in [0.717, 1.165) is 0 Å². The molecule has 94 valence electrons. The van der Waals surface area contributed by atoms with Crippen molar-refractivity contribution < 1.29 is 23.5 Å². The molecule has 0 saturated carbocycles. The van der Waals surface area contributed by atoms with Gasteiger partial charge in [0, 0.05) is 13.1 Å². The summed E-state index contributed by atoms with van der Waals surface area (Å²) in [6.45, 7) is 6.75. The molecule has 1 saturated heterocycles. The SMILES string of the molecule is CC(C)(C)OC(=O)N1CCOP(O)OCC1. The molecule has 1 aliphatic heterocycles. The van der Waals surface area contributed by atoms with Crippen molar-refractivity contribution in [2.75, 3.05) is 26.3 Å². The number of nitrogens with zero attached hydrogens (tertiary/aromatic N) is 1. The van der Waals surface area contributed by atoms with Gasteiger partial charge in [0.15, 0.2) is 0 Å². The number of ether oxygens (including phenoxy) is 1. The van der Waals surface area contributed by atoms with E-state index in [1.165, 1.54) is 4.90 Å². The lowest BCUT2D eigenvalue weighted by atomic mass is 10.2. The van der Waals surface area contributed by atoms with E-state index < -0.39 is 14.2 Å². The van der Waals surface area contributed by atoms with Gasteiger partial charge in [0.2, 0.25) is 0 Å². The van der Waals surface area contributed by atoms with Gasteiger partial charge in [-0.05, 0) is 20.8 Å². The van der Waals surface area contributed by atoms with Gasteiger partial charge in [0.05, 0.1) is 13.2 Å². The molecular weight excluding hydrogens is 233 g/mol. The van der Waals surface area contributed by atoms with Crippen LogP contribution in [-0.4, -0.2) is 47.8 Å². The molecular formula is C9H18NO5P. The van der Waals surface area contributed by atoms with Gasteiger partial charge < -0.3 is 23.6 Å². The molecule has 1 N–H and O–H groups in total. The summed E-state index contributed by atoms with van der Waals surface area (Å²) < 4.78 is 15.1. The van der Waals surface area contributed by atoms with Gasteiger partial charge in [-0.3, -0.25) is 0 Å². The van der Waals surface area contributed by atoms with E-state index in [0.29, 0.717) is 13.1 Å². The fourth-order valence-electron chi connectivity index (χ4n) is 1.12. The highest BCUT2D eigenvalue weighted by molar-refractivity contribution is 7.40. The molecule has 0 aromatic carbocycles. The quantitative estimate of drug-likeness (QED) is 0.660. The van der Waals surface area contributed by atoms with Crippen LogP contribution >= 0.6 is 8.60 Å². The second kappa shape index (κ2) is 5.77. The fraction of sp³-hybridized carbons (Fsp3) is 0.889. The van der Waals surface area contributed by atoms with Crippen LogP contribution in [0.4, 0.5) is 4.79 Å². The Balaban J connectivity index is 2.43. The van der Waals surface area contributed by atoms with Crippen molar-refractivity contribution >= 4 is 14.7 Å². The summed E-state index contributed by atoms with van der Waals surface area (Å²) in [6.07, 6.45) is -0.385. The Kier molecular flexibility index (Phi) is 4.92. The van der Waals surface area contributed by atoms with Crippen LogP contribution in [0.5, 0.6) is 0 Å². The van der Waals surface area contributed by atoms with Crippen LogP contribution in [0.1, 0.15) is 20.8 Å². The molecule has 0 bridgehead atoms. The first-order chi connectivity index (χ1) is 7.38. The molecule has 1 fully saturated rings. The minimum Gasteiger partial charge on any atom is -0.444 e. The highest BCUT2D eigenvalue weighted by Crippen LogP contribution is 2.33. The topological polar surface area (TPSA) is 68.2 Å². The van der Waals surface area contributed by atoms with Gasteiger partial charge in [-0.15, -0.1) is 0 Å². The molecule has 1 amide bonds. The van der Waals surface area contributed by atoms with Gasteiger partial charge in [0.1, 0.15) is 5.60 Å². The summed E-state index contributed by atoms with van der Waals surface area (Å²) >= 11 is 0. The highest BCUT2D eigenvalue weighted by Gasteiger charge is 2.24. The van der Waals surface area contributed by atoms with Crippen LogP contribution in [0.2, 0.25) is 0 Å². The molecule has 0 atom stereocenters. The maximum atomic E-state index is 11.7. The zero-order valence-corrected chi connectivity index (χ0v) is 10.7. The summed E-state index contributed by atoms with van der Waals surface area (Å²) in [4.78, 5) is 22.3. The summed E-state index contributed by atoms with van der Waals surface area (Å²) in [6, 6.07) is 0. The Morgan fingerprint density at radius 1 is 1.31 bits per heavy atom. The zero-order chi connectivity index (χ0) is 12.2. The smallest absolute Gasteiger partial charge is 0.410 e. The number of hydrogen-bond acceptors (Lipinski definition) is 5. The van der Waals surface area contributed by atoms with E-state index >= 15 is 0 Å². The van der Waals surface area contributed by atoms with Crippen molar-refractivity contribution in [1.82, 2.24) is 4.90 Å². The van der Waals surface area contributed by atoms with E-state index in [1.54, 1.807) is 0 Å². The molecule has 6 nitrogen and oxygen atoms in total. The Hall–Kier alpha value is -0.420. The summed E-state index contributed by atoms with van der Waals surface area (Å²) in [5.74, 6) is 0. The number of carbonyl (C=O) groups excluding carboxylic acids is 1. The van der Waals surface area contributed by atoms with Crippen LogP contribution in [0, 0.1) is 0 Å².